The van der Waals surface area contributed by atoms with Gasteiger partial charge < -0.3 is 9.84 Å². The van der Waals surface area contributed by atoms with Crippen LogP contribution >= 0.6 is 0 Å². The van der Waals surface area contributed by atoms with Gasteiger partial charge in [0, 0.05) is 13.6 Å². The van der Waals surface area contributed by atoms with Gasteiger partial charge in [-0.25, -0.2) is 17.5 Å². The van der Waals surface area contributed by atoms with E-state index in [0.717, 1.165) is 4.31 Å². The van der Waals surface area contributed by atoms with Crippen LogP contribution in [-0.4, -0.2) is 50.0 Å². The quantitative estimate of drug-likeness (QED) is 0.753. The number of hydrogen-bond acceptors (Lipinski definition) is 5. The fourth-order valence-corrected chi connectivity index (χ4v) is 3.46. The summed E-state index contributed by atoms with van der Waals surface area (Å²) in [5.74, 6) is -2.53. The molecule has 23 heavy (non-hydrogen) atoms. The maximum atomic E-state index is 12.6. The highest BCUT2D eigenvalue weighted by Gasteiger charge is 2.27. The van der Waals surface area contributed by atoms with Gasteiger partial charge in [-0.1, -0.05) is 13.0 Å². The van der Waals surface area contributed by atoms with Gasteiger partial charge in [0.15, 0.2) is 0 Å². The van der Waals surface area contributed by atoms with Crippen LogP contribution < -0.4 is 0 Å². The van der Waals surface area contributed by atoms with E-state index in [-0.39, 0.29) is 23.6 Å². The number of carbonyl (C=O) groups is 2. The molecule has 0 bridgehead atoms. The first-order chi connectivity index (χ1) is 10.6. The number of esters is 1. The summed E-state index contributed by atoms with van der Waals surface area (Å²) in [4.78, 5) is 22.6. The lowest BCUT2D eigenvalue weighted by molar-refractivity contribution is -0.141. The van der Waals surface area contributed by atoms with Crippen molar-refractivity contribution in [2.75, 3.05) is 20.2 Å². The minimum absolute atomic E-state index is 0.0388. The molecule has 0 saturated heterocycles. The molecule has 1 unspecified atom stereocenters. The number of rotatable bonds is 7. The van der Waals surface area contributed by atoms with Crippen LogP contribution in [0.4, 0.5) is 0 Å². The first-order valence-corrected chi connectivity index (χ1v) is 8.52. The largest absolute Gasteiger partial charge is 0.481 e. The second kappa shape index (κ2) is 7.56. The van der Waals surface area contributed by atoms with Crippen LogP contribution in [0, 0.1) is 12.8 Å². The Morgan fingerprint density at radius 1 is 1.35 bits per heavy atom. The van der Waals surface area contributed by atoms with E-state index in [1.807, 2.05) is 0 Å². The van der Waals surface area contributed by atoms with E-state index in [1.54, 1.807) is 13.8 Å². The Morgan fingerprint density at radius 2 is 1.96 bits per heavy atom. The van der Waals surface area contributed by atoms with Gasteiger partial charge >= 0.3 is 11.9 Å². The van der Waals surface area contributed by atoms with Crippen molar-refractivity contribution in [3.8, 4) is 0 Å². The van der Waals surface area contributed by atoms with E-state index in [4.69, 9.17) is 9.84 Å². The first kappa shape index (κ1) is 19.1. The van der Waals surface area contributed by atoms with Crippen LogP contribution in [0.3, 0.4) is 0 Å². The monoisotopic (exact) mass is 343 g/mol. The van der Waals surface area contributed by atoms with Crippen molar-refractivity contribution < 1.29 is 27.9 Å². The topological polar surface area (TPSA) is 101 Å². The SMILES string of the molecule is CCOC(=O)c1ccc(C)c(S(=O)(=O)N(C)CC(C)C(=O)O)c1. The van der Waals surface area contributed by atoms with Gasteiger partial charge in [0.1, 0.15) is 0 Å². The number of sulfonamides is 1. The zero-order valence-corrected chi connectivity index (χ0v) is 14.4. The molecule has 1 N–H and O–H groups in total. The molecule has 0 fully saturated rings. The third-order valence-corrected chi connectivity index (χ3v) is 5.31. The predicted octanol–water partition coefficient (Wildman–Crippen LogP) is 1.51. The molecular formula is C15H21NO6S. The van der Waals surface area contributed by atoms with Gasteiger partial charge in [-0.05, 0) is 31.5 Å². The zero-order chi connectivity index (χ0) is 17.8. The summed E-state index contributed by atoms with van der Waals surface area (Å²) < 4.78 is 31.1. The number of benzene rings is 1. The molecule has 1 aromatic carbocycles. The highest BCUT2D eigenvalue weighted by atomic mass is 32.2. The normalized spacial score (nSPS) is 12.9. The molecule has 0 aromatic heterocycles. The molecule has 0 saturated carbocycles. The van der Waals surface area contributed by atoms with E-state index in [9.17, 15) is 18.0 Å². The molecule has 0 aliphatic carbocycles. The van der Waals surface area contributed by atoms with E-state index in [0.29, 0.717) is 5.56 Å². The van der Waals surface area contributed by atoms with Crippen molar-refractivity contribution in [3.63, 3.8) is 0 Å². The predicted molar refractivity (Wildman–Crippen MR) is 83.8 cm³/mol. The van der Waals surface area contributed by atoms with Crippen LogP contribution in [0.5, 0.6) is 0 Å². The van der Waals surface area contributed by atoms with E-state index in [2.05, 4.69) is 0 Å². The van der Waals surface area contributed by atoms with Gasteiger partial charge in [-0.3, -0.25) is 4.79 Å². The van der Waals surface area contributed by atoms with Crippen molar-refractivity contribution >= 4 is 22.0 Å². The number of aryl methyl sites for hydroxylation is 1. The van der Waals surface area contributed by atoms with Crippen LogP contribution in [-0.2, 0) is 19.6 Å². The average molecular weight is 343 g/mol. The van der Waals surface area contributed by atoms with Crippen molar-refractivity contribution in [1.82, 2.24) is 4.31 Å². The summed E-state index contributed by atoms with van der Waals surface area (Å²) in [6, 6.07) is 4.27. The number of carboxylic acids is 1. The molecule has 1 aromatic rings. The molecule has 0 radical (unpaired) electrons. The van der Waals surface area contributed by atoms with Gasteiger partial charge in [0.05, 0.1) is 23.0 Å². The Morgan fingerprint density at radius 3 is 2.48 bits per heavy atom. The van der Waals surface area contributed by atoms with E-state index >= 15 is 0 Å². The lowest BCUT2D eigenvalue weighted by Gasteiger charge is -2.20. The number of ether oxygens (including phenoxy) is 1. The molecule has 0 amide bonds. The van der Waals surface area contributed by atoms with Gasteiger partial charge in [0.25, 0.3) is 0 Å². The third kappa shape index (κ3) is 4.52. The first-order valence-electron chi connectivity index (χ1n) is 7.08. The molecule has 8 heteroatoms. The van der Waals surface area contributed by atoms with Crippen LogP contribution in [0.25, 0.3) is 0 Å². The molecule has 7 nitrogen and oxygen atoms in total. The lowest BCUT2D eigenvalue weighted by Crippen LogP contribution is -2.34. The van der Waals surface area contributed by atoms with Crippen molar-refractivity contribution in [2.45, 2.75) is 25.7 Å². The van der Waals surface area contributed by atoms with Crippen molar-refractivity contribution in [3.05, 3.63) is 29.3 Å². The van der Waals surface area contributed by atoms with Crippen LogP contribution in [0.15, 0.2) is 23.1 Å². The molecule has 0 spiro atoms. The third-order valence-electron chi connectivity index (χ3n) is 3.34. The number of carbonyl (C=O) groups excluding carboxylic acids is 1. The van der Waals surface area contributed by atoms with Gasteiger partial charge in [-0.15, -0.1) is 0 Å². The minimum atomic E-state index is -3.91. The molecule has 0 aliphatic rings. The molecule has 0 heterocycles. The van der Waals surface area contributed by atoms with E-state index < -0.39 is 27.9 Å². The lowest BCUT2D eigenvalue weighted by atomic mass is 10.1. The van der Waals surface area contributed by atoms with Crippen LogP contribution in [0.1, 0.15) is 29.8 Å². The standard InChI is InChI=1S/C15H21NO6S/c1-5-22-15(19)12-7-6-10(2)13(8-12)23(20,21)16(4)9-11(3)14(17)18/h6-8,11H,5,9H2,1-4H3,(H,17,18). The second-order valence-electron chi connectivity index (χ2n) is 5.23. The molecule has 0 aliphatic heterocycles. The van der Waals surface area contributed by atoms with Gasteiger partial charge in [0.2, 0.25) is 10.0 Å². The Kier molecular flexibility index (Phi) is 6.28. The van der Waals surface area contributed by atoms with E-state index in [1.165, 1.54) is 32.2 Å². The Balaban J connectivity index is 3.19. The Bertz CT molecular complexity index is 698. The van der Waals surface area contributed by atoms with Gasteiger partial charge in [-0.2, -0.15) is 0 Å². The van der Waals surface area contributed by atoms with Crippen molar-refractivity contribution in [1.29, 1.82) is 0 Å². The maximum absolute atomic E-state index is 12.6. The molecule has 128 valence electrons. The summed E-state index contributed by atoms with van der Waals surface area (Å²) in [5.41, 5.74) is 0.601. The smallest absolute Gasteiger partial charge is 0.338 e. The second-order valence-corrected chi connectivity index (χ2v) is 7.24. The Hall–Kier alpha value is -1.93. The summed E-state index contributed by atoms with van der Waals surface area (Å²) >= 11 is 0. The molecular weight excluding hydrogens is 322 g/mol. The van der Waals surface area contributed by atoms with Crippen molar-refractivity contribution in [2.24, 2.45) is 5.92 Å². The highest BCUT2D eigenvalue weighted by Crippen LogP contribution is 2.22. The molecule has 1 atom stereocenters. The number of carboxylic acid groups (broad SMARTS) is 1. The fourth-order valence-electron chi connectivity index (χ4n) is 1.95. The summed E-state index contributed by atoms with van der Waals surface area (Å²) in [6.45, 7) is 4.71. The number of aliphatic carboxylic acids is 1. The summed E-state index contributed by atoms with van der Waals surface area (Å²) in [5, 5.41) is 8.92. The molecule has 1 rings (SSSR count). The summed E-state index contributed by atoms with van der Waals surface area (Å²) in [6.07, 6.45) is 0. The number of hydrogen-bond donors (Lipinski definition) is 1. The highest BCUT2D eigenvalue weighted by molar-refractivity contribution is 7.89. The number of nitrogens with zero attached hydrogens (tertiary/aromatic N) is 1. The summed E-state index contributed by atoms with van der Waals surface area (Å²) in [7, 11) is -2.60. The zero-order valence-electron chi connectivity index (χ0n) is 13.6. The minimum Gasteiger partial charge on any atom is -0.481 e. The van der Waals surface area contributed by atoms with Crippen LogP contribution in [0.2, 0.25) is 0 Å². The Labute approximate surface area is 135 Å². The maximum Gasteiger partial charge on any atom is 0.338 e. The average Bonchev–Trinajstić information content (AvgIpc) is 2.47. The fraction of sp³-hybridized carbons (Fsp3) is 0.467.